The zero-order chi connectivity index (χ0) is 13.5. The molecule has 2 saturated heterocycles. The lowest BCUT2D eigenvalue weighted by Gasteiger charge is -2.52. The van der Waals surface area contributed by atoms with Gasteiger partial charge in [0, 0.05) is 25.7 Å². The highest BCUT2D eigenvalue weighted by atomic mass is 19.2. The van der Waals surface area contributed by atoms with Gasteiger partial charge in [-0.3, -0.25) is 4.90 Å². The predicted octanol–water partition coefficient (Wildman–Crippen LogP) is 1.14. The maximum absolute atomic E-state index is 13.5. The number of likely N-dealkylation sites (N-methyl/N-ethyl adjacent to an activating group) is 1. The third kappa shape index (κ3) is 2.06. The molecule has 0 spiro atoms. The van der Waals surface area contributed by atoms with Gasteiger partial charge in [0.15, 0.2) is 11.6 Å². The fourth-order valence-electron chi connectivity index (χ4n) is 3.10. The van der Waals surface area contributed by atoms with Gasteiger partial charge in [0.2, 0.25) is 0 Å². The first kappa shape index (κ1) is 13.0. The van der Waals surface area contributed by atoms with E-state index in [0.717, 1.165) is 25.2 Å². The Hall–Kier alpha value is -1.04. The van der Waals surface area contributed by atoms with E-state index in [1.165, 1.54) is 12.1 Å². The molecule has 1 atom stereocenters. The van der Waals surface area contributed by atoms with Gasteiger partial charge in [-0.1, -0.05) is 6.07 Å². The summed E-state index contributed by atoms with van der Waals surface area (Å²) in [4.78, 5) is 2.28. The van der Waals surface area contributed by atoms with Crippen LogP contribution < -0.4 is 5.32 Å². The van der Waals surface area contributed by atoms with Gasteiger partial charge in [0.25, 0.3) is 0 Å². The molecule has 104 valence electrons. The van der Waals surface area contributed by atoms with Crippen LogP contribution in [0.1, 0.15) is 5.56 Å². The van der Waals surface area contributed by atoms with Gasteiger partial charge in [0.1, 0.15) is 0 Å². The van der Waals surface area contributed by atoms with Crippen molar-refractivity contribution in [1.29, 1.82) is 0 Å². The fraction of sp³-hybridized carbons (Fsp3) is 0.571. The lowest BCUT2D eigenvalue weighted by molar-refractivity contribution is -0.103. The molecule has 1 unspecified atom stereocenters. The van der Waals surface area contributed by atoms with Gasteiger partial charge >= 0.3 is 0 Å². The maximum atomic E-state index is 13.5. The Morgan fingerprint density at radius 2 is 2.11 bits per heavy atom. The molecule has 1 N–H and O–H groups in total. The molecule has 2 fully saturated rings. The molecule has 19 heavy (non-hydrogen) atoms. The van der Waals surface area contributed by atoms with Crippen molar-refractivity contribution in [3.63, 3.8) is 0 Å². The van der Waals surface area contributed by atoms with Crippen molar-refractivity contribution in [3.8, 4) is 0 Å². The average Bonchev–Trinajstić information content (AvgIpc) is 2.34. The van der Waals surface area contributed by atoms with Gasteiger partial charge in [0.05, 0.1) is 18.6 Å². The Balaban J connectivity index is 1.95. The number of rotatable bonds is 2. The van der Waals surface area contributed by atoms with Crippen LogP contribution in [0.15, 0.2) is 18.2 Å². The van der Waals surface area contributed by atoms with Crippen molar-refractivity contribution in [3.05, 3.63) is 35.4 Å². The molecule has 0 aliphatic carbocycles. The van der Waals surface area contributed by atoms with Gasteiger partial charge in [-0.2, -0.15) is 0 Å². The molecule has 2 aliphatic rings. The van der Waals surface area contributed by atoms with Crippen LogP contribution in [0.2, 0.25) is 0 Å². The number of ether oxygens (including phenoxy) is 1. The van der Waals surface area contributed by atoms with Gasteiger partial charge in [-0.15, -0.1) is 0 Å². The van der Waals surface area contributed by atoms with Crippen LogP contribution in [-0.2, 0) is 10.2 Å². The van der Waals surface area contributed by atoms with Crippen LogP contribution in [0.25, 0.3) is 0 Å². The molecule has 0 amide bonds. The minimum Gasteiger partial charge on any atom is -0.379 e. The summed E-state index contributed by atoms with van der Waals surface area (Å²) in [6.07, 6.45) is 0. The van der Waals surface area contributed by atoms with Crippen molar-refractivity contribution in [2.45, 2.75) is 11.5 Å². The van der Waals surface area contributed by atoms with Crippen LogP contribution in [-0.4, -0.2) is 50.8 Å². The summed E-state index contributed by atoms with van der Waals surface area (Å²) in [6, 6.07) is 4.46. The zero-order valence-corrected chi connectivity index (χ0v) is 11.0. The van der Waals surface area contributed by atoms with E-state index in [0.29, 0.717) is 13.2 Å². The van der Waals surface area contributed by atoms with Gasteiger partial charge in [-0.25, -0.2) is 8.78 Å². The van der Waals surface area contributed by atoms with Crippen LogP contribution in [0, 0.1) is 11.6 Å². The molecular formula is C14H18F2N2O. The van der Waals surface area contributed by atoms with Crippen LogP contribution in [0.3, 0.4) is 0 Å². The number of hydrogen-bond acceptors (Lipinski definition) is 3. The van der Waals surface area contributed by atoms with E-state index in [9.17, 15) is 8.78 Å². The summed E-state index contributed by atoms with van der Waals surface area (Å²) in [5.41, 5.74) is 0.606. The first-order valence-electron chi connectivity index (χ1n) is 6.58. The first-order chi connectivity index (χ1) is 9.13. The Morgan fingerprint density at radius 3 is 2.68 bits per heavy atom. The zero-order valence-electron chi connectivity index (χ0n) is 11.0. The second kappa shape index (κ2) is 4.81. The van der Waals surface area contributed by atoms with E-state index in [2.05, 4.69) is 17.3 Å². The van der Waals surface area contributed by atoms with E-state index >= 15 is 0 Å². The summed E-state index contributed by atoms with van der Waals surface area (Å²) in [5, 5.41) is 3.37. The van der Waals surface area contributed by atoms with Crippen molar-refractivity contribution in [1.82, 2.24) is 10.2 Å². The highest BCUT2D eigenvalue weighted by molar-refractivity contribution is 5.32. The van der Waals surface area contributed by atoms with E-state index in [1.807, 2.05) is 0 Å². The minimum atomic E-state index is -0.797. The lowest BCUT2D eigenvalue weighted by atomic mass is 9.71. The number of nitrogens with one attached hydrogen (secondary N) is 1. The Labute approximate surface area is 111 Å². The largest absolute Gasteiger partial charge is 0.379 e. The molecule has 0 bridgehead atoms. The van der Waals surface area contributed by atoms with E-state index in [-0.39, 0.29) is 11.5 Å². The maximum Gasteiger partial charge on any atom is 0.159 e. The second-order valence-corrected chi connectivity index (χ2v) is 5.48. The predicted molar refractivity (Wildman–Crippen MR) is 68.1 cm³/mol. The normalized spacial score (nSPS) is 27.0. The molecule has 0 radical (unpaired) electrons. The molecule has 2 aliphatic heterocycles. The van der Waals surface area contributed by atoms with E-state index < -0.39 is 11.6 Å². The second-order valence-electron chi connectivity index (χ2n) is 5.48. The van der Waals surface area contributed by atoms with Crippen molar-refractivity contribution < 1.29 is 13.5 Å². The van der Waals surface area contributed by atoms with E-state index in [1.54, 1.807) is 6.07 Å². The monoisotopic (exact) mass is 268 g/mol. The molecule has 2 heterocycles. The Morgan fingerprint density at radius 1 is 1.32 bits per heavy atom. The van der Waals surface area contributed by atoms with E-state index in [4.69, 9.17) is 4.74 Å². The number of hydrogen-bond donors (Lipinski definition) is 1. The fourth-order valence-corrected chi connectivity index (χ4v) is 3.10. The third-order valence-corrected chi connectivity index (χ3v) is 4.36. The van der Waals surface area contributed by atoms with Crippen molar-refractivity contribution in [2.24, 2.45) is 0 Å². The molecule has 3 rings (SSSR count). The highest BCUT2D eigenvalue weighted by Crippen LogP contribution is 2.38. The minimum absolute atomic E-state index is 0.225. The van der Waals surface area contributed by atoms with Crippen LogP contribution >= 0.6 is 0 Å². The summed E-state index contributed by atoms with van der Waals surface area (Å²) < 4.78 is 32.0. The van der Waals surface area contributed by atoms with Gasteiger partial charge in [-0.05, 0) is 24.7 Å². The molecular weight excluding hydrogens is 250 g/mol. The molecule has 5 heteroatoms. The third-order valence-electron chi connectivity index (χ3n) is 4.36. The SMILES string of the molecule is CN1CCNCC1C1(c2ccc(F)c(F)c2)COC1. The van der Waals surface area contributed by atoms with Crippen LogP contribution in [0.4, 0.5) is 8.78 Å². The Bertz CT molecular complexity index is 477. The lowest BCUT2D eigenvalue weighted by Crippen LogP contribution is -2.66. The molecule has 1 aromatic rings. The topological polar surface area (TPSA) is 24.5 Å². The summed E-state index contributed by atoms with van der Waals surface area (Å²) in [5.74, 6) is -1.58. The highest BCUT2D eigenvalue weighted by Gasteiger charge is 2.49. The quantitative estimate of drug-likeness (QED) is 0.870. The first-order valence-corrected chi connectivity index (χ1v) is 6.58. The average molecular weight is 268 g/mol. The number of nitrogens with zero attached hydrogens (tertiary/aromatic N) is 1. The summed E-state index contributed by atoms with van der Waals surface area (Å²) in [6.45, 7) is 3.89. The molecule has 0 aromatic heterocycles. The summed E-state index contributed by atoms with van der Waals surface area (Å²) in [7, 11) is 2.07. The molecule has 3 nitrogen and oxygen atoms in total. The van der Waals surface area contributed by atoms with Crippen molar-refractivity contribution in [2.75, 3.05) is 39.9 Å². The summed E-state index contributed by atoms with van der Waals surface area (Å²) >= 11 is 0. The number of benzene rings is 1. The number of piperazine rings is 1. The molecule has 1 aromatic carbocycles. The van der Waals surface area contributed by atoms with Gasteiger partial charge < -0.3 is 10.1 Å². The number of halogens is 2. The smallest absolute Gasteiger partial charge is 0.159 e. The standard InChI is InChI=1S/C14H18F2N2O/c1-18-5-4-17-7-13(18)14(8-19-9-14)10-2-3-11(15)12(16)6-10/h2-3,6,13,17H,4-5,7-9H2,1H3. The molecule has 0 saturated carbocycles. The van der Waals surface area contributed by atoms with Crippen LogP contribution in [0.5, 0.6) is 0 Å². The van der Waals surface area contributed by atoms with Crippen molar-refractivity contribution >= 4 is 0 Å². The Kier molecular flexibility index (Phi) is 3.28.